The molecule has 7 nitrogen and oxygen atoms in total. The van der Waals surface area contributed by atoms with Gasteiger partial charge in [-0.3, -0.25) is 9.58 Å². The SMILES string of the molecule is CC(C)(C)n1cc(CN2CCN(CCCc3nc(-c4cccs4)no3)CC2)cn1. The molecule has 0 radical (unpaired) electrons. The lowest BCUT2D eigenvalue weighted by Crippen LogP contribution is -2.46. The second-order valence-electron chi connectivity index (χ2n) is 8.67. The molecular weight excluding hydrogens is 384 g/mol. The van der Waals surface area contributed by atoms with E-state index in [1.54, 1.807) is 11.3 Å². The summed E-state index contributed by atoms with van der Waals surface area (Å²) in [6.45, 7) is 13.0. The predicted molar refractivity (Wildman–Crippen MR) is 115 cm³/mol. The van der Waals surface area contributed by atoms with Gasteiger partial charge in [0.25, 0.3) is 0 Å². The molecule has 0 bridgehead atoms. The Morgan fingerprint density at radius 1 is 1.14 bits per heavy atom. The van der Waals surface area contributed by atoms with Crippen LogP contribution in [-0.4, -0.2) is 62.4 Å². The number of piperazine rings is 1. The Bertz CT molecular complexity index is 887. The highest BCUT2D eigenvalue weighted by atomic mass is 32.1. The monoisotopic (exact) mass is 414 g/mol. The molecule has 0 aliphatic carbocycles. The molecule has 1 fully saturated rings. The van der Waals surface area contributed by atoms with Gasteiger partial charge in [0.15, 0.2) is 0 Å². The smallest absolute Gasteiger partial charge is 0.227 e. The van der Waals surface area contributed by atoms with E-state index in [1.807, 2.05) is 23.7 Å². The zero-order valence-electron chi connectivity index (χ0n) is 17.5. The number of aryl methyl sites for hydroxylation is 1. The fourth-order valence-corrected chi connectivity index (χ4v) is 4.20. The minimum atomic E-state index is 0.0415. The lowest BCUT2D eigenvalue weighted by Gasteiger charge is -2.34. The van der Waals surface area contributed by atoms with E-state index >= 15 is 0 Å². The topological polar surface area (TPSA) is 63.2 Å². The molecule has 156 valence electrons. The second kappa shape index (κ2) is 8.77. The van der Waals surface area contributed by atoms with Crippen molar-refractivity contribution in [2.75, 3.05) is 32.7 Å². The molecule has 29 heavy (non-hydrogen) atoms. The number of nitrogens with zero attached hydrogens (tertiary/aromatic N) is 6. The maximum Gasteiger partial charge on any atom is 0.227 e. The normalized spacial score (nSPS) is 16.5. The van der Waals surface area contributed by atoms with Crippen molar-refractivity contribution in [3.63, 3.8) is 0 Å². The summed E-state index contributed by atoms with van der Waals surface area (Å²) in [4.78, 5) is 10.6. The van der Waals surface area contributed by atoms with Crippen LogP contribution in [0, 0.1) is 0 Å². The van der Waals surface area contributed by atoms with Crippen LogP contribution in [0.4, 0.5) is 0 Å². The zero-order valence-corrected chi connectivity index (χ0v) is 18.4. The van der Waals surface area contributed by atoms with Crippen molar-refractivity contribution in [2.24, 2.45) is 0 Å². The van der Waals surface area contributed by atoms with Crippen LogP contribution in [0.5, 0.6) is 0 Å². The highest BCUT2D eigenvalue weighted by Crippen LogP contribution is 2.21. The average Bonchev–Trinajstić information content (AvgIpc) is 3.44. The van der Waals surface area contributed by atoms with Gasteiger partial charge in [0.1, 0.15) is 0 Å². The first-order valence-corrected chi connectivity index (χ1v) is 11.2. The van der Waals surface area contributed by atoms with Crippen LogP contribution >= 0.6 is 11.3 Å². The molecule has 3 aromatic heterocycles. The summed E-state index contributed by atoms with van der Waals surface area (Å²) in [5, 5.41) is 10.6. The summed E-state index contributed by atoms with van der Waals surface area (Å²) < 4.78 is 7.45. The van der Waals surface area contributed by atoms with Gasteiger partial charge in [-0.25, -0.2) is 0 Å². The fraction of sp³-hybridized carbons (Fsp3) is 0.571. The summed E-state index contributed by atoms with van der Waals surface area (Å²) in [5.41, 5.74) is 1.34. The Balaban J connectivity index is 1.17. The molecule has 0 aromatic carbocycles. The highest BCUT2D eigenvalue weighted by Gasteiger charge is 2.19. The number of hydrogen-bond donors (Lipinski definition) is 0. The third-order valence-corrected chi connectivity index (χ3v) is 6.13. The van der Waals surface area contributed by atoms with Gasteiger partial charge in [0.05, 0.1) is 16.6 Å². The first kappa shape index (κ1) is 20.3. The Morgan fingerprint density at radius 2 is 1.93 bits per heavy atom. The van der Waals surface area contributed by atoms with E-state index < -0.39 is 0 Å². The van der Waals surface area contributed by atoms with Gasteiger partial charge in [0, 0.05) is 50.9 Å². The molecule has 3 aromatic rings. The largest absolute Gasteiger partial charge is 0.339 e. The van der Waals surface area contributed by atoms with Crippen molar-refractivity contribution in [2.45, 2.75) is 45.7 Å². The molecule has 1 aliphatic heterocycles. The van der Waals surface area contributed by atoms with Gasteiger partial charge in [0.2, 0.25) is 11.7 Å². The molecule has 0 spiro atoms. The Morgan fingerprint density at radius 3 is 2.62 bits per heavy atom. The Labute approximate surface area is 176 Å². The predicted octanol–water partition coefficient (Wildman–Crippen LogP) is 3.50. The van der Waals surface area contributed by atoms with Crippen LogP contribution in [0.15, 0.2) is 34.4 Å². The summed E-state index contributed by atoms with van der Waals surface area (Å²) in [6.07, 6.45) is 6.07. The molecule has 1 saturated heterocycles. The Kier molecular flexibility index (Phi) is 6.12. The van der Waals surface area contributed by atoms with E-state index in [0.29, 0.717) is 5.82 Å². The minimum absolute atomic E-state index is 0.0415. The number of rotatable bonds is 7. The van der Waals surface area contributed by atoms with Gasteiger partial charge in [-0.15, -0.1) is 11.3 Å². The van der Waals surface area contributed by atoms with Crippen LogP contribution < -0.4 is 0 Å². The molecule has 0 unspecified atom stereocenters. The summed E-state index contributed by atoms with van der Waals surface area (Å²) in [5.74, 6) is 1.45. The molecule has 4 rings (SSSR count). The maximum atomic E-state index is 5.40. The third kappa shape index (κ3) is 5.32. The van der Waals surface area contributed by atoms with Crippen molar-refractivity contribution in [1.82, 2.24) is 29.7 Å². The van der Waals surface area contributed by atoms with E-state index in [4.69, 9.17) is 4.52 Å². The van der Waals surface area contributed by atoms with E-state index in [2.05, 4.69) is 56.7 Å². The summed E-state index contributed by atoms with van der Waals surface area (Å²) in [7, 11) is 0. The molecule has 1 aliphatic rings. The molecule has 4 heterocycles. The Hall–Kier alpha value is -2.03. The summed E-state index contributed by atoms with van der Waals surface area (Å²) in [6, 6.07) is 4.03. The van der Waals surface area contributed by atoms with Crippen LogP contribution in [-0.2, 0) is 18.5 Å². The van der Waals surface area contributed by atoms with Crippen LogP contribution in [0.25, 0.3) is 10.7 Å². The lowest BCUT2D eigenvalue weighted by molar-refractivity contribution is 0.125. The van der Waals surface area contributed by atoms with Crippen molar-refractivity contribution in [3.05, 3.63) is 41.4 Å². The van der Waals surface area contributed by atoms with E-state index in [0.717, 1.165) is 62.9 Å². The van der Waals surface area contributed by atoms with Crippen LogP contribution in [0.3, 0.4) is 0 Å². The number of aromatic nitrogens is 4. The van der Waals surface area contributed by atoms with Crippen molar-refractivity contribution in [3.8, 4) is 10.7 Å². The highest BCUT2D eigenvalue weighted by molar-refractivity contribution is 7.13. The zero-order chi connectivity index (χ0) is 20.3. The molecule has 0 amide bonds. The molecule has 0 atom stereocenters. The van der Waals surface area contributed by atoms with E-state index in [-0.39, 0.29) is 5.54 Å². The molecular formula is C21H30N6OS. The second-order valence-corrected chi connectivity index (χ2v) is 9.62. The van der Waals surface area contributed by atoms with E-state index in [9.17, 15) is 0 Å². The standard InChI is InChI=1S/C21H30N6OS/c1-21(2,3)27-16-17(14-22-27)15-26-11-9-25(10-12-26)8-4-7-19-23-20(24-28-19)18-6-5-13-29-18/h5-6,13-14,16H,4,7-12,15H2,1-3H3. The van der Waals surface area contributed by atoms with E-state index in [1.165, 1.54) is 5.56 Å². The van der Waals surface area contributed by atoms with Gasteiger partial charge >= 0.3 is 0 Å². The lowest BCUT2D eigenvalue weighted by atomic mass is 10.1. The fourth-order valence-electron chi connectivity index (χ4n) is 3.55. The van der Waals surface area contributed by atoms with Gasteiger partial charge in [-0.2, -0.15) is 10.1 Å². The van der Waals surface area contributed by atoms with Crippen molar-refractivity contribution in [1.29, 1.82) is 0 Å². The first-order chi connectivity index (χ1) is 14.0. The summed E-state index contributed by atoms with van der Waals surface area (Å²) >= 11 is 1.64. The maximum absolute atomic E-state index is 5.40. The van der Waals surface area contributed by atoms with Crippen molar-refractivity contribution >= 4 is 11.3 Å². The minimum Gasteiger partial charge on any atom is -0.339 e. The molecule has 0 saturated carbocycles. The van der Waals surface area contributed by atoms with Crippen LogP contribution in [0.1, 0.15) is 38.6 Å². The third-order valence-electron chi connectivity index (χ3n) is 5.27. The van der Waals surface area contributed by atoms with Gasteiger partial charge in [-0.1, -0.05) is 11.2 Å². The molecule has 0 N–H and O–H groups in total. The average molecular weight is 415 g/mol. The van der Waals surface area contributed by atoms with Gasteiger partial charge < -0.3 is 9.42 Å². The van der Waals surface area contributed by atoms with Crippen molar-refractivity contribution < 1.29 is 4.52 Å². The first-order valence-electron chi connectivity index (χ1n) is 10.3. The molecule has 8 heteroatoms. The number of hydrogen-bond acceptors (Lipinski definition) is 7. The van der Waals surface area contributed by atoms with Gasteiger partial charge in [-0.05, 0) is 45.2 Å². The quantitative estimate of drug-likeness (QED) is 0.590. The number of thiophene rings is 1. The van der Waals surface area contributed by atoms with Crippen LogP contribution in [0.2, 0.25) is 0 Å².